The Balaban J connectivity index is 2.20. The van der Waals surface area contributed by atoms with E-state index in [4.69, 9.17) is 15.2 Å². The second kappa shape index (κ2) is 5.83. The van der Waals surface area contributed by atoms with E-state index < -0.39 is 5.91 Å². The van der Waals surface area contributed by atoms with Crippen molar-refractivity contribution in [3.8, 4) is 11.8 Å². The molecule has 2 rings (SSSR count). The summed E-state index contributed by atoms with van der Waals surface area (Å²) in [5, 5.41) is 2.50. The van der Waals surface area contributed by atoms with E-state index >= 15 is 0 Å². The van der Waals surface area contributed by atoms with Crippen LogP contribution in [-0.4, -0.2) is 35.1 Å². The number of aromatic nitrogens is 3. The predicted octanol–water partition coefficient (Wildman–Crippen LogP) is 0.723. The quantitative estimate of drug-likeness (QED) is 0.845. The number of pyridine rings is 1. The molecule has 0 saturated heterocycles. The van der Waals surface area contributed by atoms with Gasteiger partial charge in [-0.1, -0.05) is 0 Å². The summed E-state index contributed by atoms with van der Waals surface area (Å²) in [7, 11) is 2.91. The van der Waals surface area contributed by atoms with Crippen molar-refractivity contribution >= 4 is 17.5 Å². The van der Waals surface area contributed by atoms with Gasteiger partial charge < -0.3 is 15.2 Å². The minimum atomic E-state index is -0.458. The Labute approximate surface area is 115 Å². The number of carbonyl (C=O) groups is 1. The number of anilines is 2. The number of methoxy groups -OCH3 is 2. The van der Waals surface area contributed by atoms with Crippen LogP contribution in [0.2, 0.25) is 0 Å². The predicted molar refractivity (Wildman–Crippen MR) is 71.7 cm³/mol. The molecule has 0 aliphatic rings. The molecule has 0 aliphatic carbocycles. The number of amides is 1. The molecule has 8 heteroatoms. The van der Waals surface area contributed by atoms with Gasteiger partial charge in [0.15, 0.2) is 0 Å². The maximum Gasteiger partial charge on any atom is 0.276 e. The summed E-state index contributed by atoms with van der Waals surface area (Å²) in [4.78, 5) is 23.8. The topological polar surface area (TPSA) is 112 Å². The number of nitrogens with zero attached hydrogens (tertiary/aromatic N) is 3. The molecule has 104 valence electrons. The van der Waals surface area contributed by atoms with Gasteiger partial charge in [0.05, 0.1) is 32.2 Å². The van der Waals surface area contributed by atoms with Crippen LogP contribution in [0.15, 0.2) is 24.4 Å². The third-order valence-electron chi connectivity index (χ3n) is 2.34. The lowest BCUT2D eigenvalue weighted by Crippen LogP contribution is -2.16. The van der Waals surface area contributed by atoms with Gasteiger partial charge in [-0.25, -0.2) is 4.98 Å². The van der Waals surface area contributed by atoms with E-state index in [2.05, 4.69) is 20.3 Å². The molecule has 0 bridgehead atoms. The van der Waals surface area contributed by atoms with E-state index in [1.165, 1.54) is 32.5 Å². The fourth-order valence-corrected chi connectivity index (χ4v) is 1.37. The van der Waals surface area contributed by atoms with Crippen molar-refractivity contribution in [1.82, 2.24) is 15.0 Å². The zero-order valence-electron chi connectivity index (χ0n) is 11.0. The fraction of sp³-hybridized carbons (Fsp3) is 0.167. The van der Waals surface area contributed by atoms with E-state index in [1.54, 1.807) is 6.07 Å². The van der Waals surface area contributed by atoms with Crippen LogP contribution in [-0.2, 0) is 0 Å². The highest BCUT2D eigenvalue weighted by Gasteiger charge is 2.11. The van der Waals surface area contributed by atoms with Gasteiger partial charge in [-0.2, -0.15) is 9.97 Å². The van der Waals surface area contributed by atoms with Gasteiger partial charge in [0.2, 0.25) is 17.7 Å². The number of nitrogens with two attached hydrogens (primary N) is 1. The number of ether oxygens (including phenoxy) is 2. The van der Waals surface area contributed by atoms with Crippen LogP contribution in [0.3, 0.4) is 0 Å². The molecule has 2 aromatic heterocycles. The average molecular weight is 275 g/mol. The summed E-state index contributed by atoms with van der Waals surface area (Å²) in [6, 6.07) is 4.58. The van der Waals surface area contributed by atoms with Crippen molar-refractivity contribution in [2.24, 2.45) is 0 Å². The molecular weight excluding hydrogens is 262 g/mol. The lowest BCUT2D eigenvalue weighted by Gasteiger charge is -2.07. The van der Waals surface area contributed by atoms with Crippen LogP contribution in [0, 0.1) is 0 Å². The molecule has 0 aromatic carbocycles. The number of nitrogen functional groups attached to an aromatic ring is 1. The molecule has 0 unspecified atom stereocenters. The molecule has 0 atom stereocenters. The average Bonchev–Trinajstić information content (AvgIpc) is 2.47. The molecule has 0 spiro atoms. The fourth-order valence-electron chi connectivity index (χ4n) is 1.37. The molecule has 0 aliphatic heterocycles. The van der Waals surface area contributed by atoms with Crippen molar-refractivity contribution in [3.63, 3.8) is 0 Å². The minimum Gasteiger partial charge on any atom is -0.481 e. The third-order valence-corrected chi connectivity index (χ3v) is 2.34. The molecule has 2 heterocycles. The van der Waals surface area contributed by atoms with Crippen LogP contribution in [0.1, 0.15) is 10.5 Å². The van der Waals surface area contributed by atoms with Crippen molar-refractivity contribution in [2.45, 2.75) is 0 Å². The smallest absolute Gasteiger partial charge is 0.276 e. The number of nitrogens with one attached hydrogen (secondary N) is 1. The molecular formula is C12H13N5O3. The lowest BCUT2D eigenvalue weighted by molar-refractivity contribution is 0.102. The first-order valence-corrected chi connectivity index (χ1v) is 5.62. The van der Waals surface area contributed by atoms with E-state index in [0.29, 0.717) is 5.69 Å². The van der Waals surface area contributed by atoms with Crippen LogP contribution in [0.25, 0.3) is 0 Å². The summed E-state index contributed by atoms with van der Waals surface area (Å²) in [6.45, 7) is 0. The zero-order chi connectivity index (χ0) is 14.5. The highest BCUT2D eigenvalue weighted by atomic mass is 16.5. The zero-order valence-corrected chi connectivity index (χ0v) is 11.0. The van der Waals surface area contributed by atoms with Gasteiger partial charge in [-0.3, -0.25) is 10.1 Å². The first-order valence-electron chi connectivity index (χ1n) is 5.62. The number of hydrogen-bond donors (Lipinski definition) is 2. The third kappa shape index (κ3) is 3.10. The normalized spacial score (nSPS) is 9.90. The summed E-state index contributed by atoms with van der Waals surface area (Å²) in [5.41, 5.74) is 6.17. The van der Waals surface area contributed by atoms with Crippen molar-refractivity contribution < 1.29 is 14.3 Å². The molecule has 3 N–H and O–H groups in total. The number of carbonyl (C=O) groups excluding carboxylic acids is 1. The van der Waals surface area contributed by atoms with E-state index in [0.717, 1.165) is 0 Å². The first kappa shape index (κ1) is 13.5. The van der Waals surface area contributed by atoms with Crippen LogP contribution < -0.4 is 20.5 Å². The van der Waals surface area contributed by atoms with E-state index in [9.17, 15) is 4.79 Å². The highest BCUT2D eigenvalue weighted by molar-refractivity contribution is 6.01. The van der Waals surface area contributed by atoms with Gasteiger partial charge >= 0.3 is 0 Å². The van der Waals surface area contributed by atoms with Gasteiger partial charge in [0, 0.05) is 0 Å². The van der Waals surface area contributed by atoms with Crippen LogP contribution in [0.5, 0.6) is 11.8 Å². The maximum atomic E-state index is 11.9. The van der Waals surface area contributed by atoms with Crippen molar-refractivity contribution in [2.75, 3.05) is 25.3 Å². The van der Waals surface area contributed by atoms with Gasteiger partial charge in [-0.15, -0.1) is 0 Å². The second-order valence-corrected chi connectivity index (χ2v) is 3.71. The Morgan fingerprint density at radius 3 is 2.35 bits per heavy atom. The van der Waals surface area contributed by atoms with E-state index in [1.807, 2.05) is 0 Å². The largest absolute Gasteiger partial charge is 0.481 e. The molecule has 0 saturated carbocycles. The van der Waals surface area contributed by atoms with Crippen molar-refractivity contribution in [3.05, 3.63) is 30.1 Å². The molecule has 8 nitrogen and oxygen atoms in total. The Morgan fingerprint density at radius 1 is 1.20 bits per heavy atom. The highest BCUT2D eigenvalue weighted by Crippen LogP contribution is 2.17. The summed E-state index contributed by atoms with van der Waals surface area (Å²) in [5.74, 6) is 0.153. The number of hydrogen-bond acceptors (Lipinski definition) is 7. The summed E-state index contributed by atoms with van der Waals surface area (Å²) >= 11 is 0. The maximum absolute atomic E-state index is 11.9. The summed E-state index contributed by atoms with van der Waals surface area (Å²) in [6.07, 6.45) is 1.39. The second-order valence-electron chi connectivity index (χ2n) is 3.71. The van der Waals surface area contributed by atoms with Gasteiger partial charge in [-0.05, 0) is 12.1 Å². The molecule has 1 amide bonds. The van der Waals surface area contributed by atoms with Crippen molar-refractivity contribution in [1.29, 1.82) is 0 Å². The first-order chi connectivity index (χ1) is 9.62. The minimum absolute atomic E-state index is 0.0600. The van der Waals surface area contributed by atoms with Crippen LogP contribution in [0.4, 0.5) is 11.6 Å². The van der Waals surface area contributed by atoms with Crippen LogP contribution >= 0.6 is 0 Å². The Morgan fingerprint density at radius 2 is 1.85 bits per heavy atom. The monoisotopic (exact) mass is 275 g/mol. The molecule has 2 aromatic rings. The SMILES string of the molecule is COc1cc(OC)nc(NC(=O)c2ccc(N)cn2)n1. The van der Waals surface area contributed by atoms with Gasteiger partial charge in [0.25, 0.3) is 5.91 Å². The Hall–Kier alpha value is -2.90. The molecule has 0 fully saturated rings. The molecule has 0 radical (unpaired) electrons. The number of rotatable bonds is 4. The van der Waals surface area contributed by atoms with E-state index in [-0.39, 0.29) is 23.4 Å². The Kier molecular flexibility index (Phi) is 3.94. The molecule has 20 heavy (non-hydrogen) atoms. The standard InChI is InChI=1S/C12H13N5O3/c1-19-9-5-10(20-2)16-12(15-9)17-11(18)8-4-3-7(13)6-14-8/h3-6H,13H2,1-2H3,(H,15,16,17,18). The summed E-state index contributed by atoms with van der Waals surface area (Å²) < 4.78 is 9.97. The lowest BCUT2D eigenvalue weighted by atomic mass is 10.3. The Bertz CT molecular complexity index is 593. The van der Waals surface area contributed by atoms with Gasteiger partial charge in [0.1, 0.15) is 5.69 Å².